The number of benzene rings is 2. The van der Waals surface area contributed by atoms with Crippen LogP contribution in [0.5, 0.6) is 5.75 Å². The summed E-state index contributed by atoms with van der Waals surface area (Å²) in [5, 5.41) is 10.6. The summed E-state index contributed by atoms with van der Waals surface area (Å²) in [5.41, 5.74) is 1.44. The molecule has 0 N–H and O–H groups in total. The number of fused-ring (bicyclic) bond motifs is 1. The molecule has 116 valence electrons. The van der Waals surface area contributed by atoms with Crippen molar-refractivity contribution in [3.63, 3.8) is 0 Å². The van der Waals surface area contributed by atoms with Gasteiger partial charge < -0.3 is 4.74 Å². The average molecular weight is 311 g/mol. The second-order valence-corrected chi connectivity index (χ2v) is 5.45. The first-order valence-corrected chi connectivity index (χ1v) is 7.10. The van der Waals surface area contributed by atoms with Crippen LogP contribution >= 0.6 is 0 Å². The van der Waals surface area contributed by atoms with Crippen molar-refractivity contribution in [2.24, 2.45) is 5.92 Å². The lowest BCUT2D eigenvalue weighted by Gasteiger charge is -2.08. The summed E-state index contributed by atoms with van der Waals surface area (Å²) in [6.45, 7) is 1.84. The van der Waals surface area contributed by atoms with E-state index < -0.39 is 10.9 Å². The third kappa shape index (κ3) is 2.70. The van der Waals surface area contributed by atoms with Crippen molar-refractivity contribution in [3.05, 3.63) is 69.3 Å². The van der Waals surface area contributed by atoms with Gasteiger partial charge in [0.2, 0.25) is 0 Å². The Bertz CT molecular complexity index is 810. The van der Waals surface area contributed by atoms with Gasteiger partial charge in [-0.1, -0.05) is 19.1 Å². The molecule has 0 heterocycles. The molecule has 1 aliphatic rings. The minimum atomic E-state index is -0.611. The van der Waals surface area contributed by atoms with Gasteiger partial charge in [0.05, 0.1) is 10.5 Å². The van der Waals surface area contributed by atoms with E-state index in [1.807, 2.05) is 6.92 Å². The molecular formula is C17H13NO5. The molecule has 0 saturated carbocycles. The zero-order valence-electron chi connectivity index (χ0n) is 12.3. The molecule has 23 heavy (non-hydrogen) atoms. The maximum Gasteiger partial charge on any atom is 0.343 e. The molecule has 6 heteroatoms. The fraction of sp³-hybridized carbons (Fsp3) is 0.176. The van der Waals surface area contributed by atoms with Crippen LogP contribution in [0.3, 0.4) is 0 Å². The van der Waals surface area contributed by atoms with Gasteiger partial charge in [0.1, 0.15) is 5.75 Å². The molecule has 0 bridgehead atoms. The van der Waals surface area contributed by atoms with Crippen molar-refractivity contribution >= 4 is 17.4 Å². The molecule has 0 radical (unpaired) electrons. The Morgan fingerprint density at radius 1 is 1.22 bits per heavy atom. The smallest absolute Gasteiger partial charge is 0.343 e. The molecule has 0 aromatic heterocycles. The molecular weight excluding hydrogens is 298 g/mol. The predicted molar refractivity (Wildman–Crippen MR) is 81.7 cm³/mol. The Morgan fingerprint density at radius 3 is 2.57 bits per heavy atom. The van der Waals surface area contributed by atoms with E-state index in [1.54, 1.807) is 18.2 Å². The topological polar surface area (TPSA) is 86.5 Å². The fourth-order valence-electron chi connectivity index (χ4n) is 2.65. The summed E-state index contributed by atoms with van der Waals surface area (Å²) in [5.74, 6) is -0.318. The van der Waals surface area contributed by atoms with Crippen LogP contribution in [0.25, 0.3) is 0 Å². The van der Waals surface area contributed by atoms with E-state index in [1.165, 1.54) is 24.3 Å². The molecule has 1 unspecified atom stereocenters. The van der Waals surface area contributed by atoms with Crippen LogP contribution in [-0.2, 0) is 6.42 Å². The van der Waals surface area contributed by atoms with Gasteiger partial charge in [-0.15, -0.1) is 0 Å². The summed E-state index contributed by atoms with van der Waals surface area (Å²) < 4.78 is 5.38. The summed E-state index contributed by atoms with van der Waals surface area (Å²) in [6, 6.07) is 10.2. The minimum Gasteiger partial charge on any atom is -0.423 e. The molecule has 6 nitrogen and oxygen atoms in total. The predicted octanol–water partition coefficient (Wildman–Crippen LogP) is 3.19. The third-order valence-corrected chi connectivity index (χ3v) is 3.87. The lowest BCUT2D eigenvalue weighted by Crippen LogP contribution is -2.10. The number of ether oxygens (including phenoxy) is 1. The second-order valence-electron chi connectivity index (χ2n) is 5.45. The Hall–Kier alpha value is -3.02. The molecule has 3 rings (SSSR count). The SMILES string of the molecule is CC1Cc2c(OC(=O)c3ccc([N+](=O)[O-])cc3)cccc2C1=O. The molecule has 0 aliphatic heterocycles. The first-order valence-electron chi connectivity index (χ1n) is 7.10. The summed E-state index contributed by atoms with van der Waals surface area (Å²) in [7, 11) is 0. The van der Waals surface area contributed by atoms with Crippen LogP contribution < -0.4 is 4.74 Å². The number of ketones is 1. The first kappa shape index (κ1) is 14.9. The van der Waals surface area contributed by atoms with Gasteiger partial charge in [-0.05, 0) is 24.6 Å². The van der Waals surface area contributed by atoms with Crippen LogP contribution in [0.2, 0.25) is 0 Å². The Labute approximate surface area is 131 Å². The minimum absolute atomic E-state index is 0.0493. The number of nitrogens with zero attached hydrogens (tertiary/aromatic N) is 1. The number of carbonyl (C=O) groups is 2. The molecule has 1 aliphatic carbocycles. The quantitative estimate of drug-likeness (QED) is 0.376. The van der Waals surface area contributed by atoms with Gasteiger partial charge >= 0.3 is 5.97 Å². The van der Waals surface area contributed by atoms with Crippen LogP contribution in [0.1, 0.15) is 33.2 Å². The van der Waals surface area contributed by atoms with E-state index in [-0.39, 0.29) is 23.0 Å². The molecule has 0 fully saturated rings. The van der Waals surface area contributed by atoms with Crippen molar-refractivity contribution < 1.29 is 19.2 Å². The van der Waals surface area contributed by atoms with Crippen LogP contribution in [0.15, 0.2) is 42.5 Å². The van der Waals surface area contributed by atoms with Crippen molar-refractivity contribution in [3.8, 4) is 5.75 Å². The van der Waals surface area contributed by atoms with E-state index in [9.17, 15) is 19.7 Å². The first-order chi connectivity index (χ1) is 11.0. The molecule has 0 spiro atoms. The van der Waals surface area contributed by atoms with Gasteiger partial charge in [0, 0.05) is 29.2 Å². The highest BCUT2D eigenvalue weighted by Crippen LogP contribution is 2.33. The van der Waals surface area contributed by atoms with Gasteiger partial charge in [-0.3, -0.25) is 14.9 Å². The molecule has 0 saturated heterocycles. The van der Waals surface area contributed by atoms with Gasteiger partial charge in [0.15, 0.2) is 5.78 Å². The number of hydrogen-bond donors (Lipinski definition) is 0. The van der Waals surface area contributed by atoms with Crippen molar-refractivity contribution in [1.82, 2.24) is 0 Å². The average Bonchev–Trinajstić information content (AvgIpc) is 2.84. The number of rotatable bonds is 3. The number of carbonyl (C=O) groups excluding carboxylic acids is 2. The number of Topliss-reactive ketones (excluding diaryl/α,β-unsaturated/α-hetero) is 1. The Balaban J connectivity index is 1.84. The van der Waals surface area contributed by atoms with E-state index in [2.05, 4.69) is 0 Å². The highest BCUT2D eigenvalue weighted by atomic mass is 16.6. The number of non-ortho nitro benzene ring substituents is 1. The summed E-state index contributed by atoms with van der Waals surface area (Å²) in [6.07, 6.45) is 0.540. The van der Waals surface area contributed by atoms with Crippen LogP contribution in [0.4, 0.5) is 5.69 Å². The van der Waals surface area contributed by atoms with Gasteiger partial charge in [0.25, 0.3) is 5.69 Å². The maximum atomic E-state index is 12.2. The Morgan fingerprint density at radius 2 is 1.91 bits per heavy atom. The highest BCUT2D eigenvalue weighted by molar-refractivity contribution is 6.03. The van der Waals surface area contributed by atoms with E-state index >= 15 is 0 Å². The third-order valence-electron chi connectivity index (χ3n) is 3.87. The van der Waals surface area contributed by atoms with Crippen molar-refractivity contribution in [2.75, 3.05) is 0 Å². The maximum absolute atomic E-state index is 12.2. The standard InChI is InChI=1S/C17H13NO5/c1-10-9-14-13(16(10)19)3-2-4-15(14)23-17(20)11-5-7-12(8-6-11)18(21)22/h2-8,10H,9H2,1H3. The van der Waals surface area contributed by atoms with E-state index in [0.29, 0.717) is 17.7 Å². The lowest BCUT2D eigenvalue weighted by atomic mass is 10.1. The van der Waals surface area contributed by atoms with Crippen molar-refractivity contribution in [2.45, 2.75) is 13.3 Å². The van der Waals surface area contributed by atoms with Gasteiger partial charge in [-0.2, -0.15) is 0 Å². The molecule has 0 amide bonds. The van der Waals surface area contributed by atoms with E-state index in [0.717, 1.165) is 5.56 Å². The zero-order valence-corrected chi connectivity index (χ0v) is 12.3. The summed E-state index contributed by atoms with van der Waals surface area (Å²) >= 11 is 0. The highest BCUT2D eigenvalue weighted by Gasteiger charge is 2.30. The number of nitro groups is 1. The summed E-state index contributed by atoms with van der Waals surface area (Å²) in [4.78, 5) is 34.3. The fourth-order valence-corrected chi connectivity index (χ4v) is 2.65. The van der Waals surface area contributed by atoms with Gasteiger partial charge in [-0.25, -0.2) is 4.79 Å². The largest absolute Gasteiger partial charge is 0.423 e. The van der Waals surface area contributed by atoms with Crippen LogP contribution in [0, 0.1) is 16.0 Å². The normalized spacial score (nSPS) is 16.0. The lowest BCUT2D eigenvalue weighted by molar-refractivity contribution is -0.384. The second kappa shape index (κ2) is 5.64. The molecule has 1 atom stereocenters. The monoisotopic (exact) mass is 311 g/mol. The number of nitro benzene ring substituents is 1. The van der Waals surface area contributed by atoms with E-state index in [4.69, 9.17) is 4.74 Å². The number of esters is 1. The van der Waals surface area contributed by atoms with Crippen molar-refractivity contribution in [1.29, 1.82) is 0 Å². The molecule has 2 aromatic rings. The number of hydrogen-bond acceptors (Lipinski definition) is 5. The Kier molecular flexibility index (Phi) is 3.65. The zero-order chi connectivity index (χ0) is 16.6. The van der Waals surface area contributed by atoms with Crippen LogP contribution in [-0.4, -0.2) is 16.7 Å². The molecule has 2 aromatic carbocycles.